The third-order valence-corrected chi connectivity index (χ3v) is 5.86. The van der Waals surface area contributed by atoms with E-state index < -0.39 is 0 Å². The van der Waals surface area contributed by atoms with Gasteiger partial charge in [0.25, 0.3) is 5.91 Å². The van der Waals surface area contributed by atoms with E-state index in [0.717, 1.165) is 5.56 Å². The molecule has 6 nitrogen and oxygen atoms in total. The van der Waals surface area contributed by atoms with Crippen LogP contribution in [0.1, 0.15) is 42.2 Å². The Hall–Kier alpha value is -3.15. The Morgan fingerprint density at radius 1 is 1.00 bits per heavy atom. The Kier molecular flexibility index (Phi) is 5.57. The van der Waals surface area contributed by atoms with E-state index >= 15 is 0 Å². The van der Waals surface area contributed by atoms with E-state index in [1.54, 1.807) is 17.0 Å². The lowest BCUT2D eigenvalue weighted by atomic mass is 9.92. The average molecular weight is 405 g/mol. The van der Waals surface area contributed by atoms with Crippen LogP contribution in [-0.4, -0.2) is 52.7 Å². The van der Waals surface area contributed by atoms with Gasteiger partial charge in [0.2, 0.25) is 11.8 Å². The summed E-state index contributed by atoms with van der Waals surface area (Å²) in [5, 5.41) is 3.01. The zero-order valence-electron chi connectivity index (χ0n) is 17.3. The predicted molar refractivity (Wildman–Crippen MR) is 114 cm³/mol. The van der Waals surface area contributed by atoms with Gasteiger partial charge in [-0.2, -0.15) is 0 Å². The molecule has 4 rings (SSSR count). The van der Waals surface area contributed by atoms with Gasteiger partial charge in [-0.15, -0.1) is 0 Å². The minimum atomic E-state index is -0.337. The topological polar surface area (TPSA) is 69.7 Å². The van der Waals surface area contributed by atoms with Crippen molar-refractivity contribution in [3.8, 4) is 0 Å². The summed E-state index contributed by atoms with van der Waals surface area (Å²) in [6.07, 6.45) is 0.544. The summed E-state index contributed by atoms with van der Waals surface area (Å²) in [6.45, 7) is 4.34. The average Bonchev–Trinajstić information content (AvgIpc) is 3.14. The van der Waals surface area contributed by atoms with E-state index in [-0.39, 0.29) is 48.3 Å². The van der Waals surface area contributed by atoms with Gasteiger partial charge in [-0.1, -0.05) is 48.5 Å². The van der Waals surface area contributed by atoms with Crippen molar-refractivity contribution in [2.24, 2.45) is 5.92 Å². The first kappa shape index (κ1) is 20.1. The zero-order valence-corrected chi connectivity index (χ0v) is 17.3. The second-order valence-corrected chi connectivity index (χ2v) is 8.37. The van der Waals surface area contributed by atoms with Crippen molar-refractivity contribution in [2.75, 3.05) is 13.1 Å². The normalized spacial score (nSPS) is 23.4. The van der Waals surface area contributed by atoms with Crippen molar-refractivity contribution in [1.29, 1.82) is 0 Å². The molecule has 0 aromatic heterocycles. The molecule has 2 heterocycles. The van der Waals surface area contributed by atoms with Crippen LogP contribution in [0.15, 0.2) is 60.7 Å². The number of carbonyl (C=O) groups excluding carboxylic acids is 3. The zero-order chi connectivity index (χ0) is 21.3. The fourth-order valence-electron chi connectivity index (χ4n) is 4.64. The quantitative estimate of drug-likeness (QED) is 0.850. The molecule has 2 aromatic rings. The number of hydrogen-bond acceptors (Lipinski definition) is 3. The Labute approximate surface area is 176 Å². The van der Waals surface area contributed by atoms with Crippen LogP contribution >= 0.6 is 0 Å². The van der Waals surface area contributed by atoms with E-state index in [1.165, 1.54) is 0 Å². The third-order valence-electron chi connectivity index (χ3n) is 5.86. The maximum absolute atomic E-state index is 13.2. The van der Waals surface area contributed by atoms with Crippen molar-refractivity contribution in [3.05, 3.63) is 71.8 Å². The van der Waals surface area contributed by atoms with Crippen LogP contribution in [0.25, 0.3) is 0 Å². The van der Waals surface area contributed by atoms with Gasteiger partial charge in [0.05, 0.1) is 18.0 Å². The Morgan fingerprint density at radius 3 is 2.27 bits per heavy atom. The fraction of sp³-hybridized carbons (Fsp3) is 0.375. The number of benzene rings is 2. The molecule has 1 N–H and O–H groups in total. The smallest absolute Gasteiger partial charge is 0.254 e. The van der Waals surface area contributed by atoms with Crippen LogP contribution in [0.5, 0.6) is 0 Å². The van der Waals surface area contributed by atoms with Gasteiger partial charge in [-0.25, -0.2) is 0 Å². The lowest BCUT2D eigenvalue weighted by Crippen LogP contribution is -2.55. The van der Waals surface area contributed by atoms with E-state index in [1.807, 2.05) is 67.3 Å². The monoisotopic (exact) mass is 405 g/mol. The Morgan fingerprint density at radius 2 is 1.63 bits per heavy atom. The molecule has 2 aliphatic heterocycles. The summed E-state index contributed by atoms with van der Waals surface area (Å²) < 4.78 is 0. The van der Waals surface area contributed by atoms with Crippen molar-refractivity contribution in [1.82, 2.24) is 15.1 Å². The van der Waals surface area contributed by atoms with Crippen molar-refractivity contribution in [3.63, 3.8) is 0 Å². The standard InChI is InChI=1S/C24H27N3O3/c1-16(2)25-23(29)20-13-19-14-26(24(30)18-11-7-4-8-12-18)15-21(28)27(19)22(20)17-9-5-3-6-10-17/h3-12,16,19-20,22H,13-15H2,1-2H3,(H,25,29)/t19-,20?,22?/m0/s1. The molecule has 6 heteroatoms. The molecule has 3 amide bonds. The number of rotatable bonds is 4. The highest BCUT2D eigenvalue weighted by atomic mass is 16.2. The summed E-state index contributed by atoms with van der Waals surface area (Å²) in [5.41, 5.74) is 1.53. The first-order valence-corrected chi connectivity index (χ1v) is 10.5. The van der Waals surface area contributed by atoms with Gasteiger partial charge >= 0.3 is 0 Å². The highest BCUT2D eigenvalue weighted by Gasteiger charge is 2.50. The number of hydrogen-bond donors (Lipinski definition) is 1. The van der Waals surface area contributed by atoms with Crippen LogP contribution in [0.2, 0.25) is 0 Å². The van der Waals surface area contributed by atoms with Crippen LogP contribution in [0.3, 0.4) is 0 Å². The molecule has 3 atom stereocenters. The van der Waals surface area contributed by atoms with E-state index in [4.69, 9.17) is 0 Å². The minimum absolute atomic E-state index is 0.0263. The molecule has 2 unspecified atom stereocenters. The SMILES string of the molecule is CC(C)NC(=O)C1C[C@H]2CN(C(=O)c3ccccc3)CC(=O)N2C1c1ccccc1. The summed E-state index contributed by atoms with van der Waals surface area (Å²) in [7, 11) is 0. The van der Waals surface area contributed by atoms with Crippen molar-refractivity contribution >= 4 is 17.7 Å². The van der Waals surface area contributed by atoms with Crippen molar-refractivity contribution in [2.45, 2.75) is 38.4 Å². The predicted octanol–water partition coefficient (Wildman–Crippen LogP) is 2.63. The number of fused-ring (bicyclic) bond motifs is 1. The first-order valence-electron chi connectivity index (χ1n) is 10.5. The molecule has 2 saturated heterocycles. The molecule has 30 heavy (non-hydrogen) atoms. The molecule has 2 fully saturated rings. The van der Waals surface area contributed by atoms with Crippen molar-refractivity contribution < 1.29 is 14.4 Å². The maximum atomic E-state index is 13.2. The number of nitrogens with one attached hydrogen (secondary N) is 1. The van der Waals surface area contributed by atoms with Crippen LogP contribution in [0.4, 0.5) is 0 Å². The van der Waals surface area contributed by atoms with Gasteiger partial charge < -0.3 is 15.1 Å². The van der Waals surface area contributed by atoms with Crippen LogP contribution < -0.4 is 5.32 Å². The van der Waals surface area contributed by atoms with E-state index in [9.17, 15) is 14.4 Å². The number of nitrogens with zero attached hydrogens (tertiary/aromatic N) is 2. The van der Waals surface area contributed by atoms with Gasteiger partial charge in [0, 0.05) is 18.2 Å². The number of carbonyl (C=O) groups is 3. The van der Waals surface area contributed by atoms with E-state index in [0.29, 0.717) is 18.5 Å². The first-order chi connectivity index (χ1) is 14.5. The maximum Gasteiger partial charge on any atom is 0.254 e. The molecule has 0 radical (unpaired) electrons. The van der Waals surface area contributed by atoms with Gasteiger partial charge in [0.15, 0.2) is 0 Å². The lowest BCUT2D eigenvalue weighted by Gasteiger charge is -2.40. The third kappa shape index (κ3) is 3.82. The second kappa shape index (κ2) is 8.30. The summed E-state index contributed by atoms with van der Waals surface area (Å²) in [5.74, 6) is -0.628. The highest BCUT2D eigenvalue weighted by molar-refractivity contribution is 5.97. The number of amides is 3. The summed E-state index contributed by atoms with van der Waals surface area (Å²) in [4.78, 5) is 42.6. The molecule has 0 spiro atoms. The molecule has 0 aliphatic carbocycles. The van der Waals surface area contributed by atoms with Crippen LogP contribution in [0, 0.1) is 5.92 Å². The van der Waals surface area contributed by atoms with Gasteiger partial charge in [-0.05, 0) is 38.0 Å². The van der Waals surface area contributed by atoms with Gasteiger partial charge in [0.1, 0.15) is 6.54 Å². The molecular formula is C24H27N3O3. The molecule has 0 saturated carbocycles. The number of piperazine rings is 1. The Balaban J connectivity index is 1.62. The Bertz CT molecular complexity index is 929. The largest absolute Gasteiger partial charge is 0.354 e. The summed E-state index contributed by atoms with van der Waals surface area (Å²) in [6, 6.07) is 18.3. The minimum Gasteiger partial charge on any atom is -0.354 e. The second-order valence-electron chi connectivity index (χ2n) is 8.37. The molecule has 156 valence electrons. The van der Waals surface area contributed by atoms with E-state index in [2.05, 4.69) is 5.32 Å². The molecular weight excluding hydrogens is 378 g/mol. The molecule has 0 bridgehead atoms. The fourth-order valence-corrected chi connectivity index (χ4v) is 4.64. The molecule has 2 aromatic carbocycles. The lowest BCUT2D eigenvalue weighted by molar-refractivity contribution is -0.139. The molecule has 2 aliphatic rings. The highest BCUT2D eigenvalue weighted by Crippen LogP contribution is 2.43. The summed E-state index contributed by atoms with van der Waals surface area (Å²) >= 11 is 0. The van der Waals surface area contributed by atoms with Crippen LogP contribution in [-0.2, 0) is 9.59 Å². The van der Waals surface area contributed by atoms with Gasteiger partial charge in [-0.3, -0.25) is 14.4 Å².